The topological polar surface area (TPSA) is 73.6 Å². The number of ether oxygens (including phenoxy) is 2. The van der Waals surface area contributed by atoms with Gasteiger partial charge in [-0.15, -0.1) is 12.4 Å². The van der Waals surface area contributed by atoms with Gasteiger partial charge in [0, 0.05) is 18.2 Å². The molecule has 7 heteroatoms. The molecule has 1 atom stereocenters. The summed E-state index contributed by atoms with van der Waals surface area (Å²) in [6.45, 7) is 3.35. The number of nitrogens with two attached hydrogens (primary N) is 1. The molecule has 0 aliphatic carbocycles. The molecule has 1 amide bonds. The first-order chi connectivity index (χ1) is 9.99. The predicted molar refractivity (Wildman–Crippen MR) is 88.8 cm³/mol. The fraction of sp³-hybridized carbons (Fsp3) is 0.533. The zero-order valence-electron chi connectivity index (χ0n) is 12.5. The van der Waals surface area contributed by atoms with Crippen LogP contribution >= 0.6 is 24.0 Å². The van der Waals surface area contributed by atoms with Crippen molar-refractivity contribution in [2.75, 3.05) is 19.8 Å². The number of hydrogen-bond donors (Lipinski definition) is 2. The Morgan fingerprint density at radius 2 is 2.00 bits per heavy atom. The Hall–Kier alpha value is -1.01. The van der Waals surface area contributed by atoms with Gasteiger partial charge in [-0.05, 0) is 44.0 Å². The van der Waals surface area contributed by atoms with E-state index in [1.165, 1.54) is 0 Å². The predicted octanol–water partition coefficient (Wildman–Crippen LogP) is 2.15. The smallest absolute Gasteiger partial charge is 0.240 e. The number of carbonyl (C=O) groups excluding carboxylic acids is 1. The highest BCUT2D eigenvalue weighted by molar-refractivity contribution is 6.30. The van der Waals surface area contributed by atoms with Crippen molar-refractivity contribution in [2.45, 2.75) is 31.4 Å². The van der Waals surface area contributed by atoms with Gasteiger partial charge in [0.1, 0.15) is 11.9 Å². The van der Waals surface area contributed by atoms with Gasteiger partial charge < -0.3 is 20.5 Å². The van der Waals surface area contributed by atoms with Gasteiger partial charge in [-0.3, -0.25) is 4.79 Å². The molecule has 1 heterocycles. The minimum Gasteiger partial charge on any atom is -0.489 e. The van der Waals surface area contributed by atoms with Gasteiger partial charge in [0.05, 0.1) is 12.1 Å². The zero-order valence-corrected chi connectivity index (χ0v) is 14.1. The van der Waals surface area contributed by atoms with Crippen LogP contribution in [0, 0.1) is 0 Å². The van der Waals surface area contributed by atoms with Crippen LogP contribution in [0.1, 0.15) is 19.8 Å². The third-order valence-electron chi connectivity index (χ3n) is 3.54. The van der Waals surface area contributed by atoms with Crippen molar-refractivity contribution in [3.8, 4) is 5.75 Å². The highest BCUT2D eigenvalue weighted by atomic mass is 35.5. The third-order valence-corrected chi connectivity index (χ3v) is 3.79. The van der Waals surface area contributed by atoms with Gasteiger partial charge in [0.15, 0.2) is 0 Å². The summed E-state index contributed by atoms with van der Waals surface area (Å²) in [6.07, 6.45) is 0.940. The summed E-state index contributed by atoms with van der Waals surface area (Å²) in [7, 11) is 0. The summed E-state index contributed by atoms with van der Waals surface area (Å²) in [5, 5.41) is 3.51. The number of hydrogen-bond acceptors (Lipinski definition) is 4. The number of halogens is 2. The SMILES string of the molecule is CC(CNC(=O)C1(N)CCOCC1)Oc1ccc(Cl)cc1.Cl. The van der Waals surface area contributed by atoms with Gasteiger partial charge in [-0.1, -0.05) is 11.6 Å². The van der Waals surface area contributed by atoms with Crippen molar-refractivity contribution in [3.63, 3.8) is 0 Å². The van der Waals surface area contributed by atoms with Crippen LogP contribution in [0.2, 0.25) is 5.02 Å². The summed E-state index contributed by atoms with van der Waals surface area (Å²) in [5.41, 5.74) is 5.29. The number of amides is 1. The molecule has 1 aromatic carbocycles. The molecule has 0 spiro atoms. The van der Waals surface area contributed by atoms with E-state index in [1.807, 2.05) is 6.92 Å². The fourth-order valence-electron chi connectivity index (χ4n) is 2.16. The standard InChI is InChI=1S/C15H21ClN2O3.ClH/c1-11(21-13-4-2-12(16)3-5-13)10-18-14(19)15(17)6-8-20-9-7-15;/h2-5,11H,6-10,17H2,1H3,(H,18,19);1H. The fourth-order valence-corrected chi connectivity index (χ4v) is 2.29. The van der Waals surface area contributed by atoms with Crippen molar-refractivity contribution in [1.29, 1.82) is 0 Å². The van der Waals surface area contributed by atoms with E-state index in [0.717, 1.165) is 5.75 Å². The molecule has 1 aliphatic rings. The summed E-state index contributed by atoms with van der Waals surface area (Å²) in [5.74, 6) is 0.576. The Labute approximate surface area is 141 Å². The van der Waals surface area contributed by atoms with Gasteiger partial charge >= 0.3 is 0 Å². The van der Waals surface area contributed by atoms with E-state index in [1.54, 1.807) is 24.3 Å². The molecule has 1 aliphatic heterocycles. The Kier molecular flexibility index (Phi) is 7.42. The largest absolute Gasteiger partial charge is 0.489 e. The molecule has 1 unspecified atom stereocenters. The maximum absolute atomic E-state index is 12.2. The highest BCUT2D eigenvalue weighted by Gasteiger charge is 2.35. The lowest BCUT2D eigenvalue weighted by Crippen LogP contribution is -2.57. The van der Waals surface area contributed by atoms with Crippen molar-refractivity contribution >= 4 is 29.9 Å². The van der Waals surface area contributed by atoms with Crippen LogP contribution in [-0.4, -0.2) is 37.3 Å². The van der Waals surface area contributed by atoms with Gasteiger partial charge in [0.2, 0.25) is 5.91 Å². The molecule has 2 rings (SSSR count). The average Bonchev–Trinajstić information content (AvgIpc) is 2.48. The second kappa shape index (κ2) is 8.58. The lowest BCUT2D eigenvalue weighted by Gasteiger charge is -2.32. The van der Waals surface area contributed by atoms with Crippen molar-refractivity contribution in [3.05, 3.63) is 29.3 Å². The Bertz CT molecular complexity index is 476. The molecular formula is C15H22Cl2N2O3. The molecule has 1 saturated heterocycles. The van der Waals surface area contributed by atoms with Gasteiger partial charge in [-0.2, -0.15) is 0 Å². The van der Waals surface area contributed by atoms with E-state index in [4.69, 9.17) is 26.8 Å². The van der Waals surface area contributed by atoms with Crippen LogP contribution in [0.15, 0.2) is 24.3 Å². The Morgan fingerprint density at radius 1 is 1.41 bits per heavy atom. The molecule has 0 aromatic heterocycles. The molecule has 1 fully saturated rings. The normalized spacial score (nSPS) is 18.0. The van der Waals surface area contributed by atoms with E-state index in [-0.39, 0.29) is 24.4 Å². The van der Waals surface area contributed by atoms with E-state index < -0.39 is 5.54 Å². The molecule has 1 aromatic rings. The summed E-state index contributed by atoms with van der Waals surface area (Å²) in [6, 6.07) is 7.12. The maximum Gasteiger partial charge on any atom is 0.240 e. The second-order valence-corrected chi connectivity index (χ2v) is 5.80. The second-order valence-electron chi connectivity index (χ2n) is 5.36. The zero-order chi connectivity index (χ0) is 15.3. The van der Waals surface area contributed by atoms with Crippen LogP contribution in [0.4, 0.5) is 0 Å². The lowest BCUT2D eigenvalue weighted by molar-refractivity contribution is -0.130. The third kappa shape index (κ3) is 5.32. The summed E-state index contributed by atoms with van der Waals surface area (Å²) in [4.78, 5) is 12.2. The van der Waals surface area contributed by atoms with Crippen LogP contribution in [-0.2, 0) is 9.53 Å². The Balaban J connectivity index is 0.00000242. The van der Waals surface area contributed by atoms with Crippen molar-refractivity contribution < 1.29 is 14.3 Å². The van der Waals surface area contributed by atoms with E-state index >= 15 is 0 Å². The van der Waals surface area contributed by atoms with E-state index in [2.05, 4.69) is 5.32 Å². The van der Waals surface area contributed by atoms with Crippen LogP contribution in [0.3, 0.4) is 0 Å². The molecule has 0 radical (unpaired) electrons. The molecule has 124 valence electrons. The number of nitrogens with one attached hydrogen (secondary N) is 1. The van der Waals surface area contributed by atoms with E-state index in [9.17, 15) is 4.79 Å². The molecule has 3 N–H and O–H groups in total. The molecule has 5 nitrogen and oxygen atoms in total. The molecule has 22 heavy (non-hydrogen) atoms. The van der Waals surface area contributed by atoms with Crippen molar-refractivity contribution in [2.24, 2.45) is 5.73 Å². The minimum atomic E-state index is -0.821. The van der Waals surface area contributed by atoms with Crippen LogP contribution < -0.4 is 15.8 Å². The molecule has 0 bridgehead atoms. The van der Waals surface area contributed by atoms with Crippen LogP contribution in [0.25, 0.3) is 0 Å². The summed E-state index contributed by atoms with van der Waals surface area (Å²) >= 11 is 5.82. The number of carbonyl (C=O) groups is 1. The van der Waals surface area contributed by atoms with Gasteiger partial charge in [-0.25, -0.2) is 0 Å². The molecule has 0 saturated carbocycles. The monoisotopic (exact) mass is 348 g/mol. The average molecular weight is 349 g/mol. The first-order valence-electron chi connectivity index (χ1n) is 7.07. The van der Waals surface area contributed by atoms with Gasteiger partial charge in [0.25, 0.3) is 0 Å². The molecular weight excluding hydrogens is 327 g/mol. The highest BCUT2D eigenvalue weighted by Crippen LogP contribution is 2.18. The first kappa shape index (κ1) is 19.0. The van der Waals surface area contributed by atoms with Crippen LogP contribution in [0.5, 0.6) is 5.75 Å². The number of rotatable bonds is 5. The maximum atomic E-state index is 12.2. The van der Waals surface area contributed by atoms with E-state index in [0.29, 0.717) is 37.6 Å². The first-order valence-corrected chi connectivity index (χ1v) is 7.44. The quantitative estimate of drug-likeness (QED) is 0.854. The summed E-state index contributed by atoms with van der Waals surface area (Å²) < 4.78 is 10.9. The minimum absolute atomic E-state index is 0. The Morgan fingerprint density at radius 3 is 2.59 bits per heavy atom. The number of benzene rings is 1. The lowest BCUT2D eigenvalue weighted by atomic mass is 9.90. The van der Waals surface area contributed by atoms with Crippen molar-refractivity contribution in [1.82, 2.24) is 5.32 Å².